The van der Waals surface area contributed by atoms with Crippen molar-refractivity contribution in [1.82, 2.24) is 9.97 Å². The minimum atomic E-state index is 0.701. The molecule has 228 valence electrons. The minimum absolute atomic E-state index is 0.701. The first kappa shape index (κ1) is 27.5. The van der Waals surface area contributed by atoms with Gasteiger partial charge in [0.2, 0.25) is 0 Å². The Morgan fingerprint density at radius 1 is 0.327 bits per heavy atom. The molecule has 0 aliphatic rings. The van der Waals surface area contributed by atoms with Gasteiger partial charge in [0.1, 0.15) is 11.2 Å². The fourth-order valence-electron chi connectivity index (χ4n) is 7.37. The lowest BCUT2D eigenvalue weighted by atomic mass is 9.88. The smallest absolute Gasteiger partial charge is 0.160 e. The molecule has 0 aliphatic carbocycles. The highest BCUT2D eigenvalue weighted by molar-refractivity contribution is 6.29. The van der Waals surface area contributed by atoms with Crippen LogP contribution < -0.4 is 0 Å². The molecule has 8 aromatic carbocycles. The summed E-state index contributed by atoms with van der Waals surface area (Å²) in [5.74, 6) is 0.701. The van der Waals surface area contributed by atoms with Gasteiger partial charge in [-0.25, -0.2) is 9.97 Å². The van der Waals surface area contributed by atoms with Crippen LogP contribution >= 0.6 is 0 Å². The summed E-state index contributed by atoms with van der Waals surface area (Å²) in [5.41, 5.74) is 9.03. The van der Waals surface area contributed by atoms with Crippen molar-refractivity contribution in [2.45, 2.75) is 0 Å². The fourth-order valence-corrected chi connectivity index (χ4v) is 7.37. The Kier molecular flexibility index (Phi) is 6.18. The van der Waals surface area contributed by atoms with Crippen molar-refractivity contribution < 1.29 is 4.42 Å². The number of aromatic nitrogens is 2. The average Bonchev–Trinajstić information content (AvgIpc) is 3.56. The lowest BCUT2D eigenvalue weighted by molar-refractivity contribution is 0.669. The van der Waals surface area contributed by atoms with E-state index in [2.05, 4.69) is 146 Å². The molecule has 0 atom stereocenters. The second kappa shape index (κ2) is 11.0. The van der Waals surface area contributed by atoms with Gasteiger partial charge in [-0.15, -0.1) is 0 Å². The van der Waals surface area contributed by atoms with E-state index in [1.54, 1.807) is 0 Å². The van der Waals surface area contributed by atoms with Crippen molar-refractivity contribution in [3.8, 4) is 45.0 Å². The Balaban J connectivity index is 1.26. The summed E-state index contributed by atoms with van der Waals surface area (Å²) < 4.78 is 6.19. The van der Waals surface area contributed by atoms with Gasteiger partial charge < -0.3 is 4.42 Å². The van der Waals surface area contributed by atoms with Gasteiger partial charge >= 0.3 is 0 Å². The molecule has 0 fully saturated rings. The van der Waals surface area contributed by atoms with E-state index in [0.29, 0.717) is 5.82 Å². The Labute approximate surface area is 282 Å². The highest BCUT2D eigenvalue weighted by Gasteiger charge is 2.17. The number of hydrogen-bond donors (Lipinski definition) is 0. The number of rotatable bonds is 4. The summed E-state index contributed by atoms with van der Waals surface area (Å²) >= 11 is 0. The van der Waals surface area contributed by atoms with E-state index in [4.69, 9.17) is 14.4 Å². The molecular weight excluding hydrogens is 597 g/mol. The SMILES string of the molecule is c1ccc(-c2cc(-c3ccccc3)nc(-c3ccc4c5ccccc5c5cccc(-c6ccc7oc8ccccc8c7c6)c5c4c3)n2)cc1. The molecule has 3 nitrogen and oxygen atoms in total. The van der Waals surface area contributed by atoms with Crippen LogP contribution in [0.3, 0.4) is 0 Å². The number of benzene rings is 8. The van der Waals surface area contributed by atoms with Gasteiger partial charge in [-0.1, -0.05) is 140 Å². The summed E-state index contributed by atoms with van der Waals surface area (Å²) in [5, 5.41) is 9.53. The van der Waals surface area contributed by atoms with Crippen LogP contribution in [0.25, 0.3) is 99.3 Å². The molecule has 10 rings (SSSR count). The van der Waals surface area contributed by atoms with E-state index >= 15 is 0 Å². The third kappa shape index (κ3) is 4.51. The first-order chi connectivity index (χ1) is 24.3. The van der Waals surface area contributed by atoms with Crippen molar-refractivity contribution in [3.05, 3.63) is 170 Å². The number of hydrogen-bond acceptors (Lipinski definition) is 3. The van der Waals surface area contributed by atoms with Gasteiger partial charge in [-0.3, -0.25) is 0 Å². The molecule has 0 amide bonds. The average molecular weight is 625 g/mol. The maximum absolute atomic E-state index is 6.19. The molecule has 3 heteroatoms. The molecule has 0 N–H and O–H groups in total. The van der Waals surface area contributed by atoms with Gasteiger partial charge in [-0.05, 0) is 73.8 Å². The minimum Gasteiger partial charge on any atom is -0.456 e. The number of nitrogens with zero attached hydrogens (tertiary/aromatic N) is 2. The van der Waals surface area contributed by atoms with Gasteiger partial charge in [-0.2, -0.15) is 0 Å². The predicted molar refractivity (Wildman–Crippen MR) is 204 cm³/mol. The van der Waals surface area contributed by atoms with Crippen molar-refractivity contribution in [2.75, 3.05) is 0 Å². The third-order valence-corrected chi connectivity index (χ3v) is 9.67. The van der Waals surface area contributed by atoms with Gasteiger partial charge in [0.25, 0.3) is 0 Å². The van der Waals surface area contributed by atoms with E-state index in [-0.39, 0.29) is 0 Å². The Morgan fingerprint density at radius 2 is 0.878 bits per heavy atom. The van der Waals surface area contributed by atoms with E-state index in [1.807, 2.05) is 24.3 Å². The number of para-hydroxylation sites is 1. The summed E-state index contributed by atoms with van der Waals surface area (Å²) in [6.07, 6.45) is 0. The standard InChI is InChI=1S/C46H28N2O/c1-3-12-29(13-4-1)41-28-42(30-14-5-2-6-15-30)48-46(47-41)32-22-24-36-34-16-7-8-17-35(34)38-20-11-19-33(45(38)40(36)27-32)31-23-25-44-39(26-31)37-18-9-10-21-43(37)49-44/h1-28H. The fraction of sp³-hybridized carbons (Fsp3) is 0. The molecule has 0 saturated carbocycles. The zero-order valence-electron chi connectivity index (χ0n) is 26.5. The normalized spacial score (nSPS) is 11.7. The highest BCUT2D eigenvalue weighted by atomic mass is 16.3. The molecule has 10 aromatic rings. The van der Waals surface area contributed by atoms with Crippen molar-refractivity contribution in [2.24, 2.45) is 0 Å². The lowest BCUT2D eigenvalue weighted by Crippen LogP contribution is -1.96. The summed E-state index contributed by atoms with van der Waals surface area (Å²) in [4.78, 5) is 10.3. The van der Waals surface area contributed by atoms with E-state index in [0.717, 1.165) is 55.6 Å². The predicted octanol–water partition coefficient (Wildman–Crippen LogP) is 12.5. The van der Waals surface area contributed by atoms with Crippen molar-refractivity contribution >= 4 is 54.3 Å². The second-order valence-electron chi connectivity index (χ2n) is 12.5. The van der Waals surface area contributed by atoms with Gasteiger partial charge in [0.15, 0.2) is 5.82 Å². The summed E-state index contributed by atoms with van der Waals surface area (Å²) in [6, 6.07) is 59.7. The van der Waals surface area contributed by atoms with Crippen LogP contribution in [0.1, 0.15) is 0 Å². The van der Waals surface area contributed by atoms with E-state index < -0.39 is 0 Å². The van der Waals surface area contributed by atoms with Crippen LogP contribution in [0.4, 0.5) is 0 Å². The third-order valence-electron chi connectivity index (χ3n) is 9.67. The maximum atomic E-state index is 6.19. The molecule has 2 aromatic heterocycles. The zero-order valence-corrected chi connectivity index (χ0v) is 26.5. The van der Waals surface area contributed by atoms with Gasteiger partial charge in [0.05, 0.1) is 11.4 Å². The quantitative estimate of drug-likeness (QED) is 0.183. The van der Waals surface area contributed by atoms with E-state index in [9.17, 15) is 0 Å². The molecule has 0 saturated heterocycles. The van der Waals surface area contributed by atoms with E-state index in [1.165, 1.54) is 37.9 Å². The van der Waals surface area contributed by atoms with Crippen LogP contribution in [-0.4, -0.2) is 9.97 Å². The monoisotopic (exact) mass is 624 g/mol. The second-order valence-corrected chi connectivity index (χ2v) is 12.5. The molecule has 2 heterocycles. The lowest BCUT2D eigenvalue weighted by Gasteiger charge is -2.16. The topological polar surface area (TPSA) is 38.9 Å². The maximum Gasteiger partial charge on any atom is 0.160 e. The number of fused-ring (bicyclic) bond motifs is 9. The van der Waals surface area contributed by atoms with Crippen LogP contribution in [0.15, 0.2) is 174 Å². The Bertz CT molecular complexity index is 2810. The summed E-state index contributed by atoms with van der Waals surface area (Å²) in [6.45, 7) is 0. The molecule has 0 bridgehead atoms. The number of furan rings is 1. The summed E-state index contributed by atoms with van der Waals surface area (Å²) in [7, 11) is 0. The Hall–Kier alpha value is -6.58. The molecule has 0 unspecified atom stereocenters. The Morgan fingerprint density at radius 3 is 1.61 bits per heavy atom. The van der Waals surface area contributed by atoms with Crippen LogP contribution in [0.5, 0.6) is 0 Å². The van der Waals surface area contributed by atoms with Crippen molar-refractivity contribution in [1.29, 1.82) is 0 Å². The molecule has 49 heavy (non-hydrogen) atoms. The van der Waals surface area contributed by atoms with Crippen LogP contribution in [-0.2, 0) is 0 Å². The molecule has 0 radical (unpaired) electrons. The first-order valence-corrected chi connectivity index (χ1v) is 16.6. The zero-order chi connectivity index (χ0) is 32.3. The van der Waals surface area contributed by atoms with Crippen LogP contribution in [0, 0.1) is 0 Å². The molecule has 0 spiro atoms. The van der Waals surface area contributed by atoms with Crippen LogP contribution in [0.2, 0.25) is 0 Å². The van der Waals surface area contributed by atoms with Gasteiger partial charge in [0, 0.05) is 27.5 Å². The molecular formula is C46H28N2O. The molecule has 0 aliphatic heterocycles. The highest BCUT2D eigenvalue weighted by Crippen LogP contribution is 2.43. The van der Waals surface area contributed by atoms with Crippen molar-refractivity contribution in [3.63, 3.8) is 0 Å². The first-order valence-electron chi connectivity index (χ1n) is 16.6. The largest absolute Gasteiger partial charge is 0.456 e.